The highest BCUT2D eigenvalue weighted by Gasteiger charge is 2.24. The Labute approximate surface area is 106 Å². The summed E-state index contributed by atoms with van der Waals surface area (Å²) in [4.78, 5) is 12.0. The highest BCUT2D eigenvalue weighted by Crippen LogP contribution is 2.24. The van der Waals surface area contributed by atoms with E-state index in [0.717, 1.165) is 19.4 Å². The van der Waals surface area contributed by atoms with E-state index < -0.39 is 0 Å². The van der Waals surface area contributed by atoms with Crippen LogP contribution in [0.25, 0.3) is 0 Å². The molecule has 1 rings (SSSR count). The monoisotopic (exact) mass is 291 g/mol. The highest BCUT2D eigenvalue weighted by molar-refractivity contribution is 9.09. The molecule has 1 heterocycles. The SMILES string of the molecule is CC(C)(C)CC(Br)CNC(=O)C1CCOC1. The summed E-state index contributed by atoms with van der Waals surface area (Å²) in [5.74, 6) is 0.199. The predicted octanol–water partition coefficient (Wildman–Crippen LogP) is 2.34. The molecule has 0 saturated carbocycles. The van der Waals surface area contributed by atoms with Crippen LogP contribution in [0.4, 0.5) is 0 Å². The maximum Gasteiger partial charge on any atom is 0.225 e. The maximum atomic E-state index is 11.7. The Balaban J connectivity index is 2.20. The number of alkyl halides is 1. The Morgan fingerprint density at radius 1 is 1.56 bits per heavy atom. The molecule has 1 aliphatic rings. The van der Waals surface area contributed by atoms with Crippen LogP contribution in [0.5, 0.6) is 0 Å². The Morgan fingerprint density at radius 2 is 2.25 bits per heavy atom. The number of nitrogens with one attached hydrogen (secondary N) is 1. The summed E-state index contributed by atoms with van der Waals surface area (Å²) in [6.45, 7) is 8.61. The van der Waals surface area contributed by atoms with Crippen LogP contribution in [0, 0.1) is 11.3 Å². The fourth-order valence-corrected chi connectivity index (χ4v) is 2.97. The molecular weight excluding hydrogens is 270 g/mol. The Kier molecular flexibility index (Phi) is 5.25. The Hall–Kier alpha value is -0.0900. The van der Waals surface area contributed by atoms with E-state index in [1.165, 1.54) is 0 Å². The van der Waals surface area contributed by atoms with Crippen molar-refractivity contribution in [3.63, 3.8) is 0 Å². The van der Waals surface area contributed by atoms with E-state index in [1.807, 2.05) is 0 Å². The van der Waals surface area contributed by atoms with Gasteiger partial charge in [-0.3, -0.25) is 4.79 Å². The minimum atomic E-state index is 0.0642. The van der Waals surface area contributed by atoms with E-state index in [9.17, 15) is 4.79 Å². The first kappa shape index (κ1) is 14.0. The molecule has 0 aromatic rings. The second kappa shape index (κ2) is 6.01. The van der Waals surface area contributed by atoms with Crippen LogP contribution >= 0.6 is 15.9 Å². The van der Waals surface area contributed by atoms with Gasteiger partial charge in [0.25, 0.3) is 0 Å². The van der Waals surface area contributed by atoms with E-state index in [4.69, 9.17) is 4.74 Å². The van der Waals surface area contributed by atoms with Crippen molar-refractivity contribution in [3.05, 3.63) is 0 Å². The van der Waals surface area contributed by atoms with Crippen molar-refractivity contribution < 1.29 is 9.53 Å². The third-order valence-electron chi connectivity index (χ3n) is 2.63. The molecule has 1 aliphatic heterocycles. The number of hydrogen-bond donors (Lipinski definition) is 1. The van der Waals surface area contributed by atoms with E-state index in [0.29, 0.717) is 18.0 Å². The zero-order valence-corrected chi connectivity index (χ0v) is 12.0. The molecule has 1 saturated heterocycles. The Bertz CT molecular complexity index is 232. The number of rotatable bonds is 4. The molecule has 0 radical (unpaired) electrons. The summed E-state index contributed by atoms with van der Waals surface area (Å²) >= 11 is 3.60. The van der Waals surface area contributed by atoms with Gasteiger partial charge in [-0.15, -0.1) is 0 Å². The summed E-state index contributed by atoms with van der Waals surface area (Å²) in [6, 6.07) is 0. The molecule has 1 N–H and O–H groups in total. The van der Waals surface area contributed by atoms with Crippen molar-refractivity contribution in [1.82, 2.24) is 5.32 Å². The van der Waals surface area contributed by atoms with Gasteiger partial charge in [-0.2, -0.15) is 0 Å². The van der Waals surface area contributed by atoms with Crippen LogP contribution in [-0.4, -0.2) is 30.5 Å². The maximum absolute atomic E-state index is 11.7. The minimum Gasteiger partial charge on any atom is -0.381 e. The first-order chi connectivity index (χ1) is 7.38. The van der Waals surface area contributed by atoms with Gasteiger partial charge in [0.05, 0.1) is 12.5 Å². The second-order valence-electron chi connectivity index (χ2n) is 5.67. The number of carbonyl (C=O) groups is 1. The normalized spacial score (nSPS) is 23.1. The topological polar surface area (TPSA) is 38.3 Å². The van der Waals surface area contributed by atoms with Gasteiger partial charge in [0, 0.05) is 18.0 Å². The van der Waals surface area contributed by atoms with Gasteiger partial charge in [0.15, 0.2) is 0 Å². The fourth-order valence-electron chi connectivity index (χ4n) is 1.83. The summed E-state index contributed by atoms with van der Waals surface area (Å²) in [7, 11) is 0. The largest absolute Gasteiger partial charge is 0.381 e. The Morgan fingerprint density at radius 3 is 2.75 bits per heavy atom. The number of amides is 1. The first-order valence-electron chi connectivity index (χ1n) is 5.88. The molecule has 1 fully saturated rings. The van der Waals surface area contributed by atoms with Gasteiger partial charge < -0.3 is 10.1 Å². The molecule has 0 spiro atoms. The molecule has 2 atom stereocenters. The fraction of sp³-hybridized carbons (Fsp3) is 0.917. The second-order valence-corrected chi connectivity index (χ2v) is 6.96. The zero-order valence-electron chi connectivity index (χ0n) is 10.4. The highest BCUT2D eigenvalue weighted by atomic mass is 79.9. The van der Waals surface area contributed by atoms with Gasteiger partial charge in [-0.05, 0) is 18.3 Å². The molecular formula is C12H22BrNO2. The molecule has 0 aromatic carbocycles. The predicted molar refractivity (Wildman–Crippen MR) is 68.7 cm³/mol. The summed E-state index contributed by atoms with van der Waals surface area (Å²) in [5, 5.41) is 2.98. The molecule has 16 heavy (non-hydrogen) atoms. The summed E-state index contributed by atoms with van der Waals surface area (Å²) in [6.07, 6.45) is 1.91. The van der Waals surface area contributed by atoms with Crippen molar-refractivity contribution in [1.29, 1.82) is 0 Å². The average molecular weight is 292 g/mol. The van der Waals surface area contributed by atoms with Gasteiger partial charge in [0.2, 0.25) is 5.91 Å². The molecule has 0 aromatic heterocycles. The lowest BCUT2D eigenvalue weighted by molar-refractivity contribution is -0.124. The number of carbonyl (C=O) groups excluding carboxylic acids is 1. The molecule has 0 bridgehead atoms. The van der Waals surface area contributed by atoms with E-state index in [1.54, 1.807) is 0 Å². The van der Waals surface area contributed by atoms with E-state index in [2.05, 4.69) is 42.0 Å². The van der Waals surface area contributed by atoms with Crippen LogP contribution in [0.1, 0.15) is 33.6 Å². The van der Waals surface area contributed by atoms with Crippen molar-refractivity contribution in [3.8, 4) is 0 Å². The van der Waals surface area contributed by atoms with Crippen LogP contribution in [-0.2, 0) is 9.53 Å². The van der Waals surface area contributed by atoms with E-state index >= 15 is 0 Å². The number of ether oxygens (including phenoxy) is 1. The van der Waals surface area contributed by atoms with Gasteiger partial charge >= 0.3 is 0 Å². The lowest BCUT2D eigenvalue weighted by atomic mass is 9.90. The van der Waals surface area contributed by atoms with Crippen LogP contribution < -0.4 is 5.32 Å². The summed E-state index contributed by atoms with van der Waals surface area (Å²) in [5.41, 5.74) is 0.287. The van der Waals surface area contributed by atoms with Crippen LogP contribution in [0.15, 0.2) is 0 Å². The first-order valence-corrected chi connectivity index (χ1v) is 6.79. The van der Waals surface area contributed by atoms with Gasteiger partial charge in [-0.25, -0.2) is 0 Å². The van der Waals surface area contributed by atoms with Crippen LogP contribution in [0.2, 0.25) is 0 Å². The lowest BCUT2D eigenvalue weighted by Crippen LogP contribution is -2.35. The minimum absolute atomic E-state index is 0.0642. The zero-order chi connectivity index (χ0) is 12.2. The van der Waals surface area contributed by atoms with E-state index in [-0.39, 0.29) is 17.2 Å². The standard InChI is InChI=1S/C12H22BrNO2/c1-12(2,3)6-10(13)7-14-11(15)9-4-5-16-8-9/h9-10H,4-8H2,1-3H3,(H,14,15). The molecule has 0 aliphatic carbocycles. The quantitative estimate of drug-likeness (QED) is 0.808. The van der Waals surface area contributed by atoms with Gasteiger partial charge in [-0.1, -0.05) is 36.7 Å². The summed E-state index contributed by atoms with van der Waals surface area (Å²) < 4.78 is 5.19. The average Bonchev–Trinajstić information content (AvgIpc) is 2.64. The van der Waals surface area contributed by atoms with Crippen molar-refractivity contribution in [2.24, 2.45) is 11.3 Å². The molecule has 4 heteroatoms. The number of hydrogen-bond acceptors (Lipinski definition) is 2. The smallest absolute Gasteiger partial charge is 0.225 e. The van der Waals surface area contributed by atoms with Crippen LogP contribution in [0.3, 0.4) is 0 Å². The lowest BCUT2D eigenvalue weighted by Gasteiger charge is -2.22. The molecule has 94 valence electrons. The van der Waals surface area contributed by atoms with Gasteiger partial charge in [0.1, 0.15) is 0 Å². The third kappa shape index (κ3) is 5.30. The van der Waals surface area contributed by atoms with Crippen molar-refractivity contribution >= 4 is 21.8 Å². The van der Waals surface area contributed by atoms with Crippen molar-refractivity contribution in [2.75, 3.05) is 19.8 Å². The van der Waals surface area contributed by atoms with Crippen molar-refractivity contribution in [2.45, 2.75) is 38.4 Å². The number of halogens is 1. The molecule has 3 nitrogen and oxygen atoms in total. The molecule has 2 unspecified atom stereocenters. The molecule has 1 amide bonds. The third-order valence-corrected chi connectivity index (χ3v) is 3.28.